The van der Waals surface area contributed by atoms with E-state index in [4.69, 9.17) is 0 Å². The van der Waals surface area contributed by atoms with Crippen LogP contribution in [0.1, 0.15) is 30.9 Å². The Balaban J connectivity index is 1.41. The quantitative estimate of drug-likeness (QED) is 0.816. The lowest BCUT2D eigenvalue weighted by Crippen LogP contribution is -2.41. The third-order valence-corrected chi connectivity index (χ3v) is 7.08. The average molecular weight is 359 g/mol. The summed E-state index contributed by atoms with van der Waals surface area (Å²) in [5.41, 5.74) is 1.98. The second kappa shape index (κ2) is 6.37. The summed E-state index contributed by atoms with van der Waals surface area (Å²) in [4.78, 5) is 23.3. The van der Waals surface area contributed by atoms with E-state index in [1.807, 2.05) is 29.3 Å². The molecule has 4 rings (SSSR count). The van der Waals surface area contributed by atoms with Gasteiger partial charge in [-0.25, -0.2) is 8.42 Å². The Morgan fingerprint density at radius 1 is 1.16 bits per heavy atom. The van der Waals surface area contributed by atoms with Crippen molar-refractivity contribution in [2.45, 2.75) is 25.2 Å². The Bertz CT molecular complexity index is 905. The molecule has 6 nitrogen and oxygen atoms in total. The SMILES string of the molecule is O=C(C1CCS(=O)(=O)C1)N1CCC(c2cc3ncccc3cn2)CC1. The van der Waals surface area contributed by atoms with Crippen LogP contribution in [0, 0.1) is 5.92 Å². The molecule has 0 bridgehead atoms. The minimum Gasteiger partial charge on any atom is -0.342 e. The van der Waals surface area contributed by atoms with Crippen LogP contribution in [-0.2, 0) is 14.6 Å². The number of pyridine rings is 2. The lowest BCUT2D eigenvalue weighted by molar-refractivity contribution is -0.135. The number of likely N-dealkylation sites (tertiary alicyclic amines) is 1. The molecule has 2 aromatic rings. The van der Waals surface area contributed by atoms with Crippen molar-refractivity contribution in [3.8, 4) is 0 Å². The molecule has 1 unspecified atom stereocenters. The molecule has 0 spiro atoms. The molecule has 2 aromatic heterocycles. The molecule has 0 aromatic carbocycles. The van der Waals surface area contributed by atoms with E-state index in [0.717, 1.165) is 29.4 Å². The number of amides is 1. The second-order valence-corrected chi connectivity index (χ2v) is 9.23. The van der Waals surface area contributed by atoms with Gasteiger partial charge in [0.25, 0.3) is 0 Å². The molecule has 2 aliphatic heterocycles. The van der Waals surface area contributed by atoms with E-state index in [0.29, 0.717) is 25.4 Å². The van der Waals surface area contributed by atoms with E-state index in [-0.39, 0.29) is 23.3 Å². The van der Waals surface area contributed by atoms with E-state index in [1.54, 1.807) is 6.20 Å². The van der Waals surface area contributed by atoms with Gasteiger partial charge >= 0.3 is 0 Å². The zero-order valence-electron chi connectivity index (χ0n) is 14.0. The maximum atomic E-state index is 12.5. The van der Waals surface area contributed by atoms with Crippen molar-refractivity contribution in [2.24, 2.45) is 5.92 Å². The first-order valence-electron chi connectivity index (χ1n) is 8.72. The smallest absolute Gasteiger partial charge is 0.226 e. The molecular formula is C18H21N3O3S. The van der Waals surface area contributed by atoms with Crippen molar-refractivity contribution in [1.82, 2.24) is 14.9 Å². The average Bonchev–Trinajstić information content (AvgIpc) is 3.01. The van der Waals surface area contributed by atoms with Gasteiger partial charge in [-0.3, -0.25) is 14.8 Å². The maximum Gasteiger partial charge on any atom is 0.226 e. The number of sulfone groups is 1. The largest absolute Gasteiger partial charge is 0.342 e. The zero-order valence-corrected chi connectivity index (χ0v) is 14.8. The summed E-state index contributed by atoms with van der Waals surface area (Å²) >= 11 is 0. The summed E-state index contributed by atoms with van der Waals surface area (Å²) < 4.78 is 23.2. The van der Waals surface area contributed by atoms with Gasteiger partial charge in [-0.1, -0.05) is 0 Å². The number of piperidine rings is 1. The van der Waals surface area contributed by atoms with Crippen LogP contribution in [0.2, 0.25) is 0 Å². The van der Waals surface area contributed by atoms with Gasteiger partial charge in [0.2, 0.25) is 5.91 Å². The Kier molecular flexibility index (Phi) is 4.19. The summed E-state index contributed by atoms with van der Waals surface area (Å²) in [5, 5.41) is 1.03. The van der Waals surface area contributed by atoms with E-state index in [2.05, 4.69) is 9.97 Å². The van der Waals surface area contributed by atoms with Crippen LogP contribution in [0.25, 0.3) is 10.9 Å². The summed E-state index contributed by atoms with van der Waals surface area (Å²) in [7, 11) is -3.02. The van der Waals surface area contributed by atoms with Crippen molar-refractivity contribution < 1.29 is 13.2 Å². The molecule has 0 N–H and O–H groups in total. The third-order valence-electron chi connectivity index (χ3n) is 5.32. The lowest BCUT2D eigenvalue weighted by Gasteiger charge is -2.33. The molecular weight excluding hydrogens is 338 g/mol. The monoisotopic (exact) mass is 359 g/mol. The van der Waals surface area contributed by atoms with Gasteiger partial charge in [0.05, 0.1) is 22.9 Å². The summed E-state index contributed by atoms with van der Waals surface area (Å²) in [6.07, 6.45) is 5.83. The highest BCUT2D eigenvalue weighted by atomic mass is 32.2. The molecule has 7 heteroatoms. The van der Waals surface area contributed by atoms with Crippen molar-refractivity contribution in [3.05, 3.63) is 36.3 Å². The van der Waals surface area contributed by atoms with Crippen LogP contribution in [0.15, 0.2) is 30.6 Å². The first-order chi connectivity index (χ1) is 12.0. The number of hydrogen-bond donors (Lipinski definition) is 0. The van der Waals surface area contributed by atoms with Gasteiger partial charge in [0, 0.05) is 42.5 Å². The van der Waals surface area contributed by atoms with Crippen LogP contribution in [0.3, 0.4) is 0 Å². The Hall–Kier alpha value is -2.02. The van der Waals surface area contributed by atoms with Gasteiger partial charge in [-0.2, -0.15) is 0 Å². The highest BCUT2D eigenvalue weighted by molar-refractivity contribution is 7.91. The maximum absolute atomic E-state index is 12.5. The standard InChI is InChI=1S/C18H21N3O3S/c22-18(15-5-9-25(23,24)12-15)21-7-3-13(4-8-21)16-10-17-14(11-20-16)2-1-6-19-17/h1-2,6,10-11,13,15H,3-5,7-9,12H2. The highest BCUT2D eigenvalue weighted by Gasteiger charge is 2.36. The molecule has 2 fully saturated rings. The molecule has 2 saturated heterocycles. The van der Waals surface area contributed by atoms with Crippen LogP contribution in [0.4, 0.5) is 0 Å². The second-order valence-electron chi connectivity index (χ2n) is 7.00. The van der Waals surface area contributed by atoms with Crippen molar-refractivity contribution in [1.29, 1.82) is 0 Å². The van der Waals surface area contributed by atoms with E-state index < -0.39 is 9.84 Å². The Morgan fingerprint density at radius 3 is 2.68 bits per heavy atom. The molecule has 0 aliphatic carbocycles. The third kappa shape index (κ3) is 3.38. The fraction of sp³-hybridized carbons (Fsp3) is 0.500. The first-order valence-corrected chi connectivity index (χ1v) is 10.5. The Morgan fingerprint density at radius 2 is 1.96 bits per heavy atom. The molecule has 132 valence electrons. The molecule has 1 amide bonds. The number of carbonyl (C=O) groups excluding carboxylic acids is 1. The minimum atomic E-state index is -3.02. The molecule has 25 heavy (non-hydrogen) atoms. The van der Waals surface area contributed by atoms with Crippen molar-refractivity contribution in [3.63, 3.8) is 0 Å². The van der Waals surface area contributed by atoms with Crippen LogP contribution in [0.5, 0.6) is 0 Å². The zero-order chi connectivity index (χ0) is 17.4. The Labute approximate surface area is 147 Å². The predicted octanol–water partition coefficient (Wildman–Crippen LogP) is 1.77. The normalized spacial score (nSPS) is 23.8. The van der Waals surface area contributed by atoms with Crippen molar-refractivity contribution >= 4 is 26.6 Å². The summed E-state index contributed by atoms with van der Waals surface area (Å²) in [6.45, 7) is 1.34. The lowest BCUT2D eigenvalue weighted by atomic mass is 9.92. The molecule has 0 radical (unpaired) electrons. The molecule has 0 saturated carbocycles. The van der Waals surface area contributed by atoms with Gasteiger partial charge < -0.3 is 4.90 Å². The van der Waals surface area contributed by atoms with Crippen LogP contribution >= 0.6 is 0 Å². The van der Waals surface area contributed by atoms with E-state index >= 15 is 0 Å². The van der Waals surface area contributed by atoms with Gasteiger partial charge in [0.15, 0.2) is 9.84 Å². The number of carbonyl (C=O) groups is 1. The van der Waals surface area contributed by atoms with E-state index in [9.17, 15) is 13.2 Å². The highest BCUT2D eigenvalue weighted by Crippen LogP contribution is 2.30. The van der Waals surface area contributed by atoms with Crippen LogP contribution < -0.4 is 0 Å². The first kappa shape index (κ1) is 16.4. The molecule has 1 atom stereocenters. The van der Waals surface area contributed by atoms with Gasteiger partial charge in [-0.05, 0) is 37.5 Å². The molecule has 2 aliphatic rings. The number of hydrogen-bond acceptors (Lipinski definition) is 5. The van der Waals surface area contributed by atoms with Crippen LogP contribution in [-0.4, -0.2) is 53.8 Å². The fourth-order valence-electron chi connectivity index (χ4n) is 3.85. The van der Waals surface area contributed by atoms with Gasteiger partial charge in [-0.15, -0.1) is 0 Å². The number of rotatable bonds is 2. The fourth-order valence-corrected chi connectivity index (χ4v) is 5.58. The molecule has 4 heterocycles. The number of fused-ring (bicyclic) bond motifs is 1. The van der Waals surface area contributed by atoms with Gasteiger partial charge in [0.1, 0.15) is 0 Å². The predicted molar refractivity (Wildman–Crippen MR) is 94.9 cm³/mol. The summed E-state index contributed by atoms with van der Waals surface area (Å²) in [5.74, 6) is 0.150. The minimum absolute atomic E-state index is 0.00709. The summed E-state index contributed by atoms with van der Waals surface area (Å²) in [6, 6.07) is 5.94. The number of aromatic nitrogens is 2. The number of nitrogens with zero attached hydrogens (tertiary/aromatic N) is 3. The van der Waals surface area contributed by atoms with E-state index in [1.165, 1.54) is 0 Å². The topological polar surface area (TPSA) is 80.2 Å². The van der Waals surface area contributed by atoms with Crippen molar-refractivity contribution in [2.75, 3.05) is 24.6 Å².